The molecule has 0 bridgehead atoms. The van der Waals surface area contributed by atoms with Crippen LogP contribution in [-0.4, -0.2) is 5.16 Å². The highest BCUT2D eigenvalue weighted by Gasteiger charge is 2.20. The van der Waals surface area contributed by atoms with Crippen molar-refractivity contribution in [1.29, 1.82) is 0 Å². The van der Waals surface area contributed by atoms with Crippen LogP contribution in [0.25, 0.3) is 11.1 Å². The van der Waals surface area contributed by atoms with E-state index >= 15 is 0 Å². The van der Waals surface area contributed by atoms with Gasteiger partial charge in [-0.1, -0.05) is 69.7 Å². The van der Waals surface area contributed by atoms with Crippen molar-refractivity contribution in [1.82, 2.24) is 0 Å². The van der Waals surface area contributed by atoms with Crippen LogP contribution >= 0.6 is 12.2 Å². The van der Waals surface area contributed by atoms with E-state index in [1.54, 1.807) is 6.07 Å². The molecule has 0 radical (unpaired) electrons. The van der Waals surface area contributed by atoms with Crippen molar-refractivity contribution in [2.24, 2.45) is 16.8 Å². The van der Waals surface area contributed by atoms with Crippen LogP contribution in [0.15, 0.2) is 47.5 Å². The summed E-state index contributed by atoms with van der Waals surface area (Å²) < 4.78 is 14.6. The number of isothiocyanates is 1. The Balaban J connectivity index is 1.57. The second-order valence-electron chi connectivity index (χ2n) is 7.78. The van der Waals surface area contributed by atoms with Crippen molar-refractivity contribution in [3.05, 3.63) is 53.8 Å². The number of thiocarbonyl (C=S) groups is 1. The zero-order chi connectivity index (χ0) is 19.1. The Bertz CT molecular complexity index is 785. The number of hydrogen-bond acceptors (Lipinski definition) is 2. The molecule has 27 heavy (non-hydrogen) atoms. The summed E-state index contributed by atoms with van der Waals surface area (Å²) in [6.45, 7) is 2.28. The summed E-state index contributed by atoms with van der Waals surface area (Å²) in [6.07, 6.45) is 10.3. The van der Waals surface area contributed by atoms with Crippen LogP contribution in [0, 0.1) is 17.7 Å². The first-order chi connectivity index (χ1) is 13.2. The van der Waals surface area contributed by atoms with Crippen LogP contribution in [0.3, 0.4) is 0 Å². The maximum absolute atomic E-state index is 14.6. The molecule has 2 aromatic carbocycles. The number of rotatable bonds is 7. The lowest BCUT2D eigenvalue weighted by Crippen LogP contribution is -2.15. The normalized spacial score (nSPS) is 19.5. The number of nitrogens with zero attached hydrogens (tertiary/aromatic N) is 1. The van der Waals surface area contributed by atoms with Crippen LogP contribution in [0.2, 0.25) is 0 Å². The molecule has 0 heterocycles. The molecule has 1 aliphatic rings. The van der Waals surface area contributed by atoms with Crippen molar-refractivity contribution in [2.45, 2.75) is 58.3 Å². The molecule has 0 atom stereocenters. The third-order valence-corrected chi connectivity index (χ3v) is 5.98. The van der Waals surface area contributed by atoms with Gasteiger partial charge in [-0.25, -0.2) is 4.39 Å². The Morgan fingerprint density at radius 2 is 1.67 bits per heavy atom. The molecule has 2 aromatic rings. The minimum absolute atomic E-state index is 0.148. The van der Waals surface area contributed by atoms with E-state index in [4.69, 9.17) is 0 Å². The van der Waals surface area contributed by atoms with Gasteiger partial charge in [-0.2, -0.15) is 4.99 Å². The Morgan fingerprint density at radius 1 is 1.00 bits per heavy atom. The topological polar surface area (TPSA) is 12.4 Å². The quantitative estimate of drug-likeness (QED) is 0.352. The first-order valence-electron chi connectivity index (χ1n) is 10.2. The summed E-state index contributed by atoms with van der Waals surface area (Å²) >= 11 is 4.61. The van der Waals surface area contributed by atoms with Gasteiger partial charge in [0.05, 0.1) is 10.8 Å². The second kappa shape index (κ2) is 9.92. The molecule has 0 saturated heterocycles. The van der Waals surface area contributed by atoms with Gasteiger partial charge in [-0.15, -0.1) is 0 Å². The van der Waals surface area contributed by atoms with Crippen molar-refractivity contribution in [3.8, 4) is 11.1 Å². The molecule has 1 fully saturated rings. The second-order valence-corrected chi connectivity index (χ2v) is 7.96. The zero-order valence-corrected chi connectivity index (χ0v) is 16.9. The Labute approximate surface area is 167 Å². The van der Waals surface area contributed by atoms with E-state index < -0.39 is 0 Å². The van der Waals surface area contributed by atoms with Crippen molar-refractivity contribution >= 4 is 23.1 Å². The van der Waals surface area contributed by atoms with Gasteiger partial charge in [0.2, 0.25) is 0 Å². The highest BCUT2D eigenvalue weighted by Crippen LogP contribution is 2.34. The van der Waals surface area contributed by atoms with Gasteiger partial charge in [0.1, 0.15) is 5.82 Å². The molecule has 0 spiro atoms. The van der Waals surface area contributed by atoms with Gasteiger partial charge in [0, 0.05) is 5.56 Å². The van der Waals surface area contributed by atoms with Gasteiger partial charge in [-0.3, -0.25) is 0 Å². The molecule has 1 aliphatic carbocycles. The fraction of sp³-hybridized carbons (Fsp3) is 0.458. The highest BCUT2D eigenvalue weighted by molar-refractivity contribution is 7.78. The summed E-state index contributed by atoms with van der Waals surface area (Å²) in [5, 5.41) is 2.35. The molecule has 3 rings (SSSR count). The van der Waals surface area contributed by atoms with Gasteiger partial charge >= 0.3 is 0 Å². The minimum atomic E-state index is -0.148. The molecular weight excluding hydrogens is 353 g/mol. The molecule has 0 amide bonds. The average Bonchev–Trinajstić information content (AvgIpc) is 2.69. The van der Waals surface area contributed by atoms with Crippen LogP contribution in [-0.2, 0) is 6.42 Å². The molecule has 0 aromatic heterocycles. The summed E-state index contributed by atoms with van der Waals surface area (Å²) in [7, 11) is 0. The van der Waals surface area contributed by atoms with E-state index in [0.29, 0.717) is 5.56 Å². The lowest BCUT2D eigenvalue weighted by Gasteiger charge is -2.28. The molecule has 3 heteroatoms. The molecule has 0 unspecified atom stereocenters. The van der Waals surface area contributed by atoms with Gasteiger partial charge in [0.15, 0.2) is 0 Å². The first-order valence-corrected chi connectivity index (χ1v) is 10.6. The number of aliphatic imine (C=N–C) groups is 1. The fourth-order valence-electron chi connectivity index (χ4n) is 4.30. The molecular formula is C24H28FNS. The van der Waals surface area contributed by atoms with E-state index in [0.717, 1.165) is 35.1 Å². The van der Waals surface area contributed by atoms with Gasteiger partial charge < -0.3 is 0 Å². The summed E-state index contributed by atoms with van der Waals surface area (Å²) in [6, 6.07) is 13.1. The van der Waals surface area contributed by atoms with Crippen LogP contribution < -0.4 is 0 Å². The fourth-order valence-corrected chi connectivity index (χ4v) is 4.41. The largest absolute Gasteiger partial charge is 0.206 e. The Hall–Kier alpha value is -1.83. The lowest BCUT2D eigenvalue weighted by atomic mass is 9.78. The monoisotopic (exact) mass is 381 g/mol. The summed E-state index contributed by atoms with van der Waals surface area (Å²) in [5.41, 5.74) is 3.33. The van der Waals surface area contributed by atoms with E-state index in [9.17, 15) is 4.39 Å². The number of hydrogen-bond donors (Lipinski definition) is 0. The molecule has 142 valence electrons. The van der Waals surface area contributed by atoms with Crippen molar-refractivity contribution < 1.29 is 4.39 Å². The zero-order valence-electron chi connectivity index (χ0n) is 16.1. The summed E-state index contributed by atoms with van der Waals surface area (Å²) in [4.78, 5) is 3.93. The SMILES string of the molecule is CCC[C@H]1CC[C@H](CCc2ccc(-c3ccc(N=C=S)cc3)c(F)c2)CC1. The lowest BCUT2D eigenvalue weighted by molar-refractivity contribution is 0.252. The van der Waals surface area contributed by atoms with Gasteiger partial charge in [-0.05, 0) is 66.2 Å². The van der Waals surface area contributed by atoms with Crippen LogP contribution in [0.1, 0.15) is 57.4 Å². The minimum Gasteiger partial charge on any atom is -0.206 e. The number of benzene rings is 2. The molecule has 0 aliphatic heterocycles. The first kappa shape index (κ1) is 19.9. The third-order valence-electron chi connectivity index (χ3n) is 5.89. The smallest absolute Gasteiger partial charge is 0.131 e. The molecule has 1 nitrogen and oxygen atoms in total. The third kappa shape index (κ3) is 5.57. The van der Waals surface area contributed by atoms with E-state index in [1.165, 1.54) is 44.9 Å². The van der Waals surface area contributed by atoms with Crippen molar-refractivity contribution in [2.75, 3.05) is 0 Å². The summed E-state index contributed by atoms with van der Waals surface area (Å²) in [5.74, 6) is 1.62. The predicted molar refractivity (Wildman–Crippen MR) is 115 cm³/mol. The Morgan fingerprint density at radius 3 is 2.26 bits per heavy atom. The standard InChI is InChI=1S/C24H28FNS/c1-2-3-18-4-6-19(7-5-18)8-9-20-10-15-23(24(25)16-20)21-11-13-22(14-12-21)26-17-27/h10-16,18-19H,2-9H2,1H3/t18-,19-. The van der Waals surface area contributed by atoms with Crippen LogP contribution in [0.5, 0.6) is 0 Å². The maximum Gasteiger partial charge on any atom is 0.131 e. The van der Waals surface area contributed by atoms with Crippen molar-refractivity contribution in [3.63, 3.8) is 0 Å². The highest BCUT2D eigenvalue weighted by atomic mass is 32.1. The van der Waals surface area contributed by atoms with E-state index in [-0.39, 0.29) is 5.82 Å². The molecule has 0 N–H and O–H groups in total. The van der Waals surface area contributed by atoms with E-state index in [2.05, 4.69) is 35.4 Å². The van der Waals surface area contributed by atoms with E-state index in [1.807, 2.05) is 30.3 Å². The average molecular weight is 382 g/mol. The maximum atomic E-state index is 14.6. The predicted octanol–water partition coefficient (Wildman–Crippen LogP) is 7.77. The number of halogens is 1. The molecule has 1 saturated carbocycles. The van der Waals surface area contributed by atoms with Crippen LogP contribution in [0.4, 0.5) is 10.1 Å². The Kier molecular flexibility index (Phi) is 7.32. The van der Waals surface area contributed by atoms with Gasteiger partial charge in [0.25, 0.3) is 0 Å². The number of aryl methyl sites for hydroxylation is 1.